The molecule has 9 heteroatoms. The van der Waals surface area contributed by atoms with Gasteiger partial charge in [0.2, 0.25) is 5.91 Å². The average molecular weight is 314 g/mol. The van der Waals surface area contributed by atoms with Crippen molar-refractivity contribution in [1.29, 1.82) is 0 Å². The number of amides is 3. The molecule has 21 heavy (non-hydrogen) atoms. The Morgan fingerprint density at radius 2 is 2.10 bits per heavy atom. The normalized spacial score (nSPS) is 11.5. The lowest BCUT2D eigenvalue weighted by Crippen LogP contribution is -2.42. The fraction of sp³-hybridized carbons (Fsp3) is 0.500. The van der Waals surface area contributed by atoms with E-state index in [2.05, 4.69) is 20.9 Å². The zero-order chi connectivity index (χ0) is 15.8. The van der Waals surface area contributed by atoms with Gasteiger partial charge in [-0.2, -0.15) is 0 Å². The molecule has 0 saturated carbocycles. The van der Waals surface area contributed by atoms with Crippen molar-refractivity contribution in [3.05, 3.63) is 16.1 Å². The number of rotatable bonds is 7. The van der Waals surface area contributed by atoms with Gasteiger partial charge >= 0.3 is 12.0 Å². The Hall–Kier alpha value is -2.16. The number of hydrogen-bond acceptors (Lipinski definition) is 5. The fourth-order valence-corrected chi connectivity index (χ4v) is 2.18. The van der Waals surface area contributed by atoms with Crippen LogP contribution in [0, 0.1) is 0 Å². The molecule has 0 aliphatic heterocycles. The molecule has 0 aliphatic carbocycles. The molecular weight excluding hydrogens is 296 g/mol. The van der Waals surface area contributed by atoms with Crippen LogP contribution in [0.5, 0.6) is 0 Å². The van der Waals surface area contributed by atoms with Crippen LogP contribution >= 0.6 is 11.3 Å². The second-order valence-corrected chi connectivity index (χ2v) is 5.16. The molecule has 1 heterocycles. The zero-order valence-electron chi connectivity index (χ0n) is 11.8. The van der Waals surface area contributed by atoms with E-state index >= 15 is 0 Å². The van der Waals surface area contributed by atoms with Crippen molar-refractivity contribution in [2.45, 2.75) is 26.3 Å². The Morgan fingerprint density at radius 3 is 2.67 bits per heavy atom. The highest BCUT2D eigenvalue weighted by Gasteiger charge is 2.16. The van der Waals surface area contributed by atoms with Gasteiger partial charge < -0.3 is 21.1 Å². The molecule has 3 amide bonds. The van der Waals surface area contributed by atoms with E-state index in [9.17, 15) is 14.4 Å². The smallest absolute Gasteiger partial charge is 0.355 e. The molecule has 0 saturated heterocycles. The largest absolute Gasteiger partial charge is 0.476 e. The van der Waals surface area contributed by atoms with Crippen molar-refractivity contribution >= 4 is 29.2 Å². The molecule has 1 aromatic rings. The Balaban J connectivity index is 2.39. The van der Waals surface area contributed by atoms with E-state index in [1.54, 1.807) is 6.92 Å². The minimum Gasteiger partial charge on any atom is -0.476 e. The average Bonchev–Trinajstić information content (AvgIpc) is 2.92. The summed E-state index contributed by atoms with van der Waals surface area (Å²) in [6, 6.07) is -0.956. The number of carbonyl (C=O) groups is 3. The van der Waals surface area contributed by atoms with Crippen molar-refractivity contribution in [1.82, 2.24) is 20.9 Å². The van der Waals surface area contributed by atoms with E-state index in [0.29, 0.717) is 11.6 Å². The Kier molecular flexibility index (Phi) is 6.60. The summed E-state index contributed by atoms with van der Waals surface area (Å²) in [5, 5.41) is 18.3. The van der Waals surface area contributed by atoms with Crippen LogP contribution < -0.4 is 16.0 Å². The first-order valence-corrected chi connectivity index (χ1v) is 7.31. The first-order chi connectivity index (χ1) is 9.93. The number of aromatic nitrogens is 1. The SMILES string of the molecule is CCCNC(=O)CNC(=O)NC(C)c1nc(C(=O)O)cs1. The monoisotopic (exact) mass is 314 g/mol. The molecule has 1 unspecified atom stereocenters. The zero-order valence-corrected chi connectivity index (χ0v) is 12.6. The number of nitrogens with zero attached hydrogens (tertiary/aromatic N) is 1. The number of urea groups is 1. The molecule has 1 atom stereocenters. The summed E-state index contributed by atoms with van der Waals surface area (Å²) in [5.74, 6) is -1.37. The van der Waals surface area contributed by atoms with Crippen molar-refractivity contribution in [3.8, 4) is 0 Å². The highest BCUT2D eigenvalue weighted by atomic mass is 32.1. The van der Waals surface area contributed by atoms with E-state index in [1.807, 2.05) is 6.92 Å². The van der Waals surface area contributed by atoms with Gasteiger partial charge in [-0.05, 0) is 13.3 Å². The van der Waals surface area contributed by atoms with E-state index < -0.39 is 18.0 Å². The number of hydrogen-bond donors (Lipinski definition) is 4. The van der Waals surface area contributed by atoms with Gasteiger partial charge in [-0.15, -0.1) is 11.3 Å². The fourth-order valence-electron chi connectivity index (χ4n) is 1.38. The Labute approximate surface area is 126 Å². The lowest BCUT2D eigenvalue weighted by atomic mass is 10.3. The molecule has 0 fully saturated rings. The predicted octanol–water partition coefficient (Wildman–Crippen LogP) is 0.728. The van der Waals surface area contributed by atoms with Gasteiger partial charge in [0.15, 0.2) is 5.69 Å². The minimum atomic E-state index is -1.11. The van der Waals surface area contributed by atoms with E-state index in [-0.39, 0.29) is 18.1 Å². The maximum absolute atomic E-state index is 11.6. The predicted molar refractivity (Wildman–Crippen MR) is 77.3 cm³/mol. The third-order valence-corrected chi connectivity index (χ3v) is 3.47. The summed E-state index contributed by atoms with van der Waals surface area (Å²) in [6.07, 6.45) is 0.824. The molecule has 0 spiro atoms. The molecule has 4 N–H and O–H groups in total. The van der Waals surface area contributed by atoms with Crippen LogP contribution in [0.4, 0.5) is 4.79 Å². The summed E-state index contributed by atoms with van der Waals surface area (Å²) in [7, 11) is 0. The number of aromatic carboxylic acids is 1. The first-order valence-electron chi connectivity index (χ1n) is 6.43. The molecule has 0 aliphatic rings. The highest BCUT2D eigenvalue weighted by Crippen LogP contribution is 2.17. The van der Waals surface area contributed by atoms with Gasteiger partial charge in [0.25, 0.3) is 0 Å². The number of carbonyl (C=O) groups excluding carboxylic acids is 2. The van der Waals surface area contributed by atoms with Crippen LogP contribution in [0.25, 0.3) is 0 Å². The molecule has 0 bridgehead atoms. The van der Waals surface area contributed by atoms with Crippen molar-refractivity contribution in [2.24, 2.45) is 0 Å². The number of carboxylic acid groups (broad SMARTS) is 1. The van der Waals surface area contributed by atoms with E-state index in [0.717, 1.165) is 17.8 Å². The third-order valence-electron chi connectivity index (χ3n) is 2.44. The van der Waals surface area contributed by atoms with Gasteiger partial charge in [-0.3, -0.25) is 4.79 Å². The summed E-state index contributed by atoms with van der Waals surface area (Å²) < 4.78 is 0. The molecule has 1 rings (SSSR count). The second kappa shape index (κ2) is 8.20. The molecular formula is C12H18N4O4S. The van der Waals surface area contributed by atoms with Crippen LogP contribution in [0.15, 0.2) is 5.38 Å². The van der Waals surface area contributed by atoms with Crippen molar-refractivity contribution in [2.75, 3.05) is 13.1 Å². The van der Waals surface area contributed by atoms with Crippen molar-refractivity contribution < 1.29 is 19.5 Å². The highest BCUT2D eigenvalue weighted by molar-refractivity contribution is 7.09. The van der Waals surface area contributed by atoms with Crippen LogP contribution in [0.2, 0.25) is 0 Å². The second-order valence-electron chi connectivity index (χ2n) is 4.27. The molecule has 0 aromatic carbocycles. The molecule has 116 valence electrons. The third kappa shape index (κ3) is 5.78. The number of nitrogens with one attached hydrogen (secondary N) is 3. The van der Waals surface area contributed by atoms with Crippen LogP contribution in [-0.2, 0) is 4.79 Å². The first kappa shape index (κ1) is 16.9. The summed E-state index contributed by atoms with van der Waals surface area (Å²) in [6.45, 7) is 4.06. The molecule has 1 aromatic heterocycles. The molecule has 8 nitrogen and oxygen atoms in total. The van der Waals surface area contributed by atoms with Crippen LogP contribution in [0.1, 0.15) is 41.8 Å². The number of thiazole rings is 1. The number of carboxylic acids is 1. The minimum absolute atomic E-state index is 0.0528. The van der Waals surface area contributed by atoms with E-state index in [1.165, 1.54) is 5.38 Å². The summed E-state index contributed by atoms with van der Waals surface area (Å²) >= 11 is 1.15. The van der Waals surface area contributed by atoms with Crippen LogP contribution in [-0.4, -0.2) is 41.1 Å². The van der Waals surface area contributed by atoms with Gasteiger partial charge in [0.1, 0.15) is 5.01 Å². The Bertz CT molecular complexity index is 517. The molecule has 0 radical (unpaired) electrons. The van der Waals surface area contributed by atoms with Gasteiger partial charge in [-0.1, -0.05) is 6.92 Å². The topological polar surface area (TPSA) is 120 Å². The summed E-state index contributed by atoms with van der Waals surface area (Å²) in [5.41, 5.74) is -0.0528. The lowest BCUT2D eigenvalue weighted by molar-refractivity contribution is -0.120. The maximum atomic E-state index is 11.6. The maximum Gasteiger partial charge on any atom is 0.355 e. The van der Waals surface area contributed by atoms with Gasteiger partial charge in [0.05, 0.1) is 12.6 Å². The van der Waals surface area contributed by atoms with E-state index in [4.69, 9.17) is 5.11 Å². The lowest BCUT2D eigenvalue weighted by Gasteiger charge is -2.12. The van der Waals surface area contributed by atoms with Crippen molar-refractivity contribution in [3.63, 3.8) is 0 Å². The Morgan fingerprint density at radius 1 is 1.38 bits per heavy atom. The quantitative estimate of drug-likeness (QED) is 0.591. The summed E-state index contributed by atoms with van der Waals surface area (Å²) in [4.78, 5) is 37.5. The van der Waals surface area contributed by atoms with Gasteiger partial charge in [-0.25, -0.2) is 14.6 Å². The van der Waals surface area contributed by atoms with Crippen LogP contribution in [0.3, 0.4) is 0 Å². The van der Waals surface area contributed by atoms with Gasteiger partial charge in [0, 0.05) is 11.9 Å². The standard InChI is InChI=1S/C12H18N4O4S/c1-3-4-13-9(17)5-14-12(20)15-7(2)10-16-8(6-21-10)11(18)19/h6-7H,3-5H2,1-2H3,(H,13,17)(H,18,19)(H2,14,15,20).